The monoisotopic (exact) mass is 494 g/mol. The molecule has 3 aromatic carbocycles. The lowest BCUT2D eigenvalue weighted by molar-refractivity contribution is -0.149. The summed E-state index contributed by atoms with van der Waals surface area (Å²) in [5.74, 6) is 0.184. The number of fused-ring (bicyclic) bond motifs is 1. The van der Waals surface area contributed by atoms with Gasteiger partial charge in [0.25, 0.3) is 11.8 Å². The van der Waals surface area contributed by atoms with Crippen LogP contribution in [-0.2, 0) is 16.1 Å². The van der Waals surface area contributed by atoms with Crippen LogP contribution in [0.2, 0.25) is 0 Å². The first-order valence-corrected chi connectivity index (χ1v) is 13.2. The standard InChI is InChI=1S/C32H34N2O3/c1-22-9-8-10-25(19-22)21-34-28-13-6-7-14-29(28)37-30(32(34)36)20-24-15-17-27(18-16-24)31(35)33-23(2)26-11-4-3-5-12-26/h3-5,8-12,15-20,23,28-29H,6-7,13-14,21H2,1-2H3,(H,33,35)/b30-20+. The summed E-state index contributed by atoms with van der Waals surface area (Å²) in [4.78, 5) is 28.3. The van der Waals surface area contributed by atoms with Crippen LogP contribution >= 0.6 is 0 Å². The molecule has 1 aliphatic carbocycles. The molecule has 5 heteroatoms. The van der Waals surface area contributed by atoms with Gasteiger partial charge in [-0.3, -0.25) is 9.59 Å². The number of hydrogen-bond acceptors (Lipinski definition) is 3. The maximum Gasteiger partial charge on any atom is 0.289 e. The molecule has 1 N–H and O–H groups in total. The van der Waals surface area contributed by atoms with E-state index in [0.29, 0.717) is 17.9 Å². The molecule has 2 aliphatic rings. The molecule has 5 rings (SSSR count). The van der Waals surface area contributed by atoms with E-state index < -0.39 is 0 Å². The van der Waals surface area contributed by atoms with Gasteiger partial charge in [0.2, 0.25) is 0 Å². The number of hydrogen-bond donors (Lipinski definition) is 1. The zero-order valence-electron chi connectivity index (χ0n) is 21.5. The van der Waals surface area contributed by atoms with Crippen LogP contribution in [0.15, 0.2) is 84.6 Å². The van der Waals surface area contributed by atoms with Crippen LogP contribution in [0.4, 0.5) is 0 Å². The molecule has 2 fully saturated rings. The van der Waals surface area contributed by atoms with Crippen molar-refractivity contribution in [2.75, 3.05) is 0 Å². The molecule has 0 bridgehead atoms. The number of nitrogens with zero attached hydrogens (tertiary/aromatic N) is 1. The number of benzene rings is 3. The average molecular weight is 495 g/mol. The van der Waals surface area contributed by atoms with Crippen molar-refractivity contribution in [1.29, 1.82) is 0 Å². The lowest BCUT2D eigenvalue weighted by atomic mass is 9.89. The minimum atomic E-state index is -0.130. The molecule has 1 aliphatic heterocycles. The van der Waals surface area contributed by atoms with Gasteiger partial charge in [-0.2, -0.15) is 0 Å². The average Bonchev–Trinajstić information content (AvgIpc) is 2.92. The molecule has 0 spiro atoms. The molecule has 3 aromatic rings. The maximum atomic E-state index is 13.6. The number of ether oxygens (including phenoxy) is 1. The molecule has 3 unspecified atom stereocenters. The van der Waals surface area contributed by atoms with E-state index in [1.165, 1.54) is 5.56 Å². The topological polar surface area (TPSA) is 58.6 Å². The molecule has 5 nitrogen and oxygen atoms in total. The molecule has 1 heterocycles. The van der Waals surface area contributed by atoms with Gasteiger partial charge in [0, 0.05) is 12.1 Å². The third-order valence-electron chi connectivity index (χ3n) is 7.37. The third kappa shape index (κ3) is 5.77. The van der Waals surface area contributed by atoms with Gasteiger partial charge in [0.15, 0.2) is 5.76 Å². The number of rotatable bonds is 6. The van der Waals surface area contributed by atoms with Crippen LogP contribution in [-0.4, -0.2) is 28.9 Å². The Bertz CT molecular complexity index is 1280. The number of carbonyl (C=O) groups is 2. The highest BCUT2D eigenvalue weighted by Crippen LogP contribution is 2.34. The fourth-order valence-corrected chi connectivity index (χ4v) is 5.36. The van der Waals surface area contributed by atoms with Crippen molar-refractivity contribution in [2.24, 2.45) is 0 Å². The Balaban J connectivity index is 1.32. The van der Waals surface area contributed by atoms with Crippen molar-refractivity contribution < 1.29 is 14.3 Å². The van der Waals surface area contributed by atoms with E-state index in [9.17, 15) is 9.59 Å². The van der Waals surface area contributed by atoms with Crippen LogP contribution in [0, 0.1) is 6.92 Å². The number of aryl methyl sites for hydroxylation is 1. The smallest absolute Gasteiger partial charge is 0.289 e. The molecule has 0 radical (unpaired) electrons. The second kappa shape index (κ2) is 11.0. The summed E-state index contributed by atoms with van der Waals surface area (Å²) < 4.78 is 6.27. The number of morpholine rings is 1. The normalized spacial score (nSPS) is 21.2. The summed E-state index contributed by atoms with van der Waals surface area (Å²) in [6.45, 7) is 4.63. The molecular formula is C32H34N2O3. The van der Waals surface area contributed by atoms with Gasteiger partial charge in [0.05, 0.1) is 12.1 Å². The van der Waals surface area contributed by atoms with Gasteiger partial charge < -0.3 is 15.0 Å². The lowest BCUT2D eigenvalue weighted by Crippen LogP contribution is -2.54. The SMILES string of the molecule is Cc1cccc(CN2C(=O)/C(=C\c3ccc(C(=O)NC(C)c4ccccc4)cc3)OC3CCCCC32)c1. The lowest BCUT2D eigenvalue weighted by Gasteiger charge is -2.44. The fraction of sp³-hybridized carbons (Fsp3) is 0.312. The summed E-state index contributed by atoms with van der Waals surface area (Å²) in [6.07, 6.45) is 6.00. The van der Waals surface area contributed by atoms with E-state index in [-0.39, 0.29) is 30.0 Å². The van der Waals surface area contributed by atoms with Crippen LogP contribution < -0.4 is 5.32 Å². The molecule has 0 aromatic heterocycles. The van der Waals surface area contributed by atoms with E-state index in [1.807, 2.05) is 66.4 Å². The summed E-state index contributed by atoms with van der Waals surface area (Å²) in [6, 6.07) is 25.6. The van der Waals surface area contributed by atoms with Crippen molar-refractivity contribution in [1.82, 2.24) is 10.2 Å². The molecule has 1 saturated heterocycles. The Kier molecular flexibility index (Phi) is 7.40. The van der Waals surface area contributed by atoms with Crippen molar-refractivity contribution in [3.8, 4) is 0 Å². The van der Waals surface area contributed by atoms with E-state index in [1.54, 1.807) is 12.1 Å². The van der Waals surface area contributed by atoms with E-state index in [2.05, 4.69) is 30.4 Å². The van der Waals surface area contributed by atoms with E-state index >= 15 is 0 Å². The Labute approximate surface area is 219 Å². The van der Waals surface area contributed by atoms with Crippen LogP contribution in [0.25, 0.3) is 6.08 Å². The van der Waals surface area contributed by atoms with Crippen LogP contribution in [0.3, 0.4) is 0 Å². The number of carbonyl (C=O) groups excluding carboxylic acids is 2. The van der Waals surface area contributed by atoms with Gasteiger partial charge in [-0.1, -0.05) is 78.7 Å². The molecule has 1 saturated carbocycles. The summed E-state index contributed by atoms with van der Waals surface area (Å²) in [7, 11) is 0. The summed E-state index contributed by atoms with van der Waals surface area (Å²) in [5, 5.41) is 3.04. The second-order valence-electron chi connectivity index (χ2n) is 10.2. The Morgan fingerprint density at radius 1 is 1.03 bits per heavy atom. The first kappa shape index (κ1) is 24.8. The van der Waals surface area contributed by atoms with Gasteiger partial charge in [-0.25, -0.2) is 0 Å². The second-order valence-corrected chi connectivity index (χ2v) is 10.2. The van der Waals surface area contributed by atoms with Gasteiger partial charge in [-0.05, 0) is 68.0 Å². The summed E-state index contributed by atoms with van der Waals surface area (Å²) >= 11 is 0. The maximum absolute atomic E-state index is 13.6. The Hall–Kier alpha value is -3.86. The minimum absolute atomic E-state index is 0.0204. The molecule has 190 valence electrons. The van der Waals surface area contributed by atoms with E-state index in [0.717, 1.165) is 42.4 Å². The fourth-order valence-electron chi connectivity index (χ4n) is 5.36. The van der Waals surface area contributed by atoms with Crippen LogP contribution in [0.1, 0.15) is 71.3 Å². The number of nitrogens with one attached hydrogen (secondary N) is 1. The van der Waals surface area contributed by atoms with Gasteiger partial charge in [0.1, 0.15) is 6.10 Å². The predicted molar refractivity (Wildman–Crippen MR) is 146 cm³/mol. The molecule has 3 atom stereocenters. The Morgan fingerprint density at radius 2 is 1.78 bits per heavy atom. The molecule has 37 heavy (non-hydrogen) atoms. The van der Waals surface area contributed by atoms with Gasteiger partial charge >= 0.3 is 0 Å². The third-order valence-corrected chi connectivity index (χ3v) is 7.37. The van der Waals surface area contributed by atoms with Crippen LogP contribution in [0.5, 0.6) is 0 Å². The minimum Gasteiger partial charge on any atom is -0.482 e. The van der Waals surface area contributed by atoms with Crippen molar-refractivity contribution in [3.63, 3.8) is 0 Å². The van der Waals surface area contributed by atoms with E-state index in [4.69, 9.17) is 4.74 Å². The molecule has 2 amide bonds. The van der Waals surface area contributed by atoms with Crippen molar-refractivity contribution in [2.45, 2.75) is 64.3 Å². The first-order chi connectivity index (χ1) is 18.0. The highest BCUT2D eigenvalue weighted by Gasteiger charge is 2.41. The summed E-state index contributed by atoms with van der Waals surface area (Å²) in [5.41, 5.74) is 4.80. The number of amides is 2. The zero-order chi connectivity index (χ0) is 25.8. The molecular weight excluding hydrogens is 460 g/mol. The van der Waals surface area contributed by atoms with Gasteiger partial charge in [-0.15, -0.1) is 0 Å². The first-order valence-electron chi connectivity index (χ1n) is 13.2. The Morgan fingerprint density at radius 3 is 2.54 bits per heavy atom. The largest absolute Gasteiger partial charge is 0.482 e. The quantitative estimate of drug-likeness (QED) is 0.415. The van der Waals surface area contributed by atoms with Crippen molar-refractivity contribution in [3.05, 3.63) is 112 Å². The predicted octanol–water partition coefficient (Wildman–Crippen LogP) is 6.20. The van der Waals surface area contributed by atoms with Crippen molar-refractivity contribution >= 4 is 17.9 Å². The zero-order valence-corrected chi connectivity index (χ0v) is 21.5. The highest BCUT2D eigenvalue weighted by molar-refractivity contribution is 5.97. The highest BCUT2D eigenvalue weighted by atomic mass is 16.5.